The molecule has 1 aliphatic rings. The molecule has 0 saturated heterocycles. The first-order valence-electron chi connectivity index (χ1n) is 5.24. The summed E-state index contributed by atoms with van der Waals surface area (Å²) in [5, 5.41) is 9.37. The summed E-state index contributed by atoms with van der Waals surface area (Å²) in [5.41, 5.74) is 0.292. The first-order valence-corrected chi connectivity index (χ1v) is 5.62. The zero-order valence-corrected chi connectivity index (χ0v) is 9.18. The first-order chi connectivity index (χ1) is 7.27. The van der Waals surface area contributed by atoms with Crippen molar-refractivity contribution in [2.75, 3.05) is 11.9 Å². The van der Waals surface area contributed by atoms with Crippen molar-refractivity contribution in [1.29, 1.82) is 0 Å². The molecule has 0 bridgehead atoms. The van der Waals surface area contributed by atoms with E-state index in [1.807, 2.05) is 0 Å². The van der Waals surface area contributed by atoms with Crippen LogP contribution in [0.4, 0.5) is 5.69 Å². The molecule has 1 aliphatic carbocycles. The number of halogens is 1. The van der Waals surface area contributed by atoms with Crippen molar-refractivity contribution in [3.8, 4) is 0 Å². The SMILES string of the molecule is O=c1[nH]ncc(NCC2CCCC2)c1Cl. The molecule has 0 atom stereocenters. The third kappa shape index (κ3) is 2.50. The Balaban J connectivity index is 1.98. The molecular formula is C10H14ClN3O. The quantitative estimate of drug-likeness (QED) is 0.831. The second kappa shape index (κ2) is 4.66. The molecule has 2 rings (SSSR count). The van der Waals surface area contributed by atoms with Crippen molar-refractivity contribution in [3.63, 3.8) is 0 Å². The molecule has 0 spiro atoms. The summed E-state index contributed by atoms with van der Waals surface area (Å²) in [6.07, 6.45) is 6.71. The molecular weight excluding hydrogens is 214 g/mol. The highest BCUT2D eigenvalue weighted by molar-refractivity contribution is 6.32. The van der Waals surface area contributed by atoms with E-state index in [1.165, 1.54) is 25.7 Å². The van der Waals surface area contributed by atoms with E-state index in [4.69, 9.17) is 11.6 Å². The van der Waals surface area contributed by atoms with E-state index in [9.17, 15) is 4.79 Å². The summed E-state index contributed by atoms with van der Waals surface area (Å²) < 4.78 is 0. The molecule has 2 N–H and O–H groups in total. The van der Waals surface area contributed by atoms with Gasteiger partial charge in [0.2, 0.25) is 0 Å². The van der Waals surface area contributed by atoms with Gasteiger partial charge in [0.15, 0.2) is 0 Å². The van der Waals surface area contributed by atoms with Gasteiger partial charge in [0.05, 0.1) is 11.9 Å². The number of hydrogen-bond acceptors (Lipinski definition) is 3. The third-order valence-electron chi connectivity index (χ3n) is 2.85. The van der Waals surface area contributed by atoms with Crippen LogP contribution >= 0.6 is 11.6 Å². The largest absolute Gasteiger partial charge is 0.382 e. The minimum absolute atomic E-state index is 0.197. The number of aromatic nitrogens is 2. The molecule has 1 saturated carbocycles. The molecule has 0 amide bonds. The average Bonchev–Trinajstić information content (AvgIpc) is 2.73. The summed E-state index contributed by atoms with van der Waals surface area (Å²) in [4.78, 5) is 11.1. The normalized spacial score (nSPS) is 16.9. The highest BCUT2D eigenvalue weighted by atomic mass is 35.5. The first kappa shape index (κ1) is 10.5. The lowest BCUT2D eigenvalue weighted by molar-refractivity contribution is 0.579. The van der Waals surface area contributed by atoms with Gasteiger partial charge >= 0.3 is 0 Å². The number of rotatable bonds is 3. The van der Waals surface area contributed by atoms with Gasteiger partial charge in [-0.3, -0.25) is 4.79 Å². The molecule has 15 heavy (non-hydrogen) atoms. The molecule has 1 aromatic heterocycles. The number of nitrogens with one attached hydrogen (secondary N) is 2. The number of nitrogens with zero attached hydrogens (tertiary/aromatic N) is 1. The van der Waals surface area contributed by atoms with Crippen molar-refractivity contribution < 1.29 is 0 Å². The Morgan fingerprint density at radius 2 is 2.27 bits per heavy atom. The predicted octanol–water partition coefficient (Wildman–Crippen LogP) is 2.03. The summed E-state index contributed by atoms with van der Waals surface area (Å²) in [5.74, 6) is 0.709. The Kier molecular flexibility index (Phi) is 3.26. The smallest absolute Gasteiger partial charge is 0.285 e. The minimum atomic E-state index is -0.340. The topological polar surface area (TPSA) is 57.8 Å². The average molecular weight is 228 g/mol. The standard InChI is InChI=1S/C10H14ClN3O/c11-9-8(6-13-14-10(9)15)12-5-7-3-1-2-4-7/h6-7H,1-5H2,(H2,12,14,15). The van der Waals surface area contributed by atoms with Crippen LogP contribution in [0.15, 0.2) is 11.0 Å². The van der Waals surface area contributed by atoms with Gasteiger partial charge in [0.25, 0.3) is 5.56 Å². The van der Waals surface area contributed by atoms with Crippen molar-refractivity contribution >= 4 is 17.3 Å². The van der Waals surface area contributed by atoms with Gasteiger partial charge in [-0.05, 0) is 18.8 Å². The zero-order valence-electron chi connectivity index (χ0n) is 8.42. The Bertz CT molecular complexity index is 384. The van der Waals surface area contributed by atoms with E-state index >= 15 is 0 Å². The fraction of sp³-hybridized carbons (Fsp3) is 0.600. The molecule has 0 radical (unpaired) electrons. The summed E-state index contributed by atoms with van der Waals surface area (Å²) >= 11 is 5.83. The predicted molar refractivity (Wildman–Crippen MR) is 60.3 cm³/mol. The Morgan fingerprint density at radius 1 is 1.53 bits per heavy atom. The Morgan fingerprint density at radius 3 is 3.00 bits per heavy atom. The Hall–Kier alpha value is -1.03. The van der Waals surface area contributed by atoms with Gasteiger partial charge in [-0.1, -0.05) is 24.4 Å². The van der Waals surface area contributed by atoms with E-state index in [-0.39, 0.29) is 10.6 Å². The van der Waals surface area contributed by atoms with Crippen LogP contribution in [0.2, 0.25) is 5.02 Å². The number of anilines is 1. The van der Waals surface area contributed by atoms with Crippen LogP contribution in [0.3, 0.4) is 0 Å². The van der Waals surface area contributed by atoms with E-state index in [1.54, 1.807) is 6.20 Å². The fourth-order valence-electron chi connectivity index (χ4n) is 1.98. The molecule has 1 fully saturated rings. The maximum absolute atomic E-state index is 11.1. The van der Waals surface area contributed by atoms with Crippen molar-refractivity contribution in [3.05, 3.63) is 21.6 Å². The third-order valence-corrected chi connectivity index (χ3v) is 3.23. The van der Waals surface area contributed by atoms with E-state index in [0.29, 0.717) is 11.6 Å². The second-order valence-corrected chi connectivity index (χ2v) is 4.34. The summed E-state index contributed by atoms with van der Waals surface area (Å²) in [7, 11) is 0. The Labute approximate surface area is 93.0 Å². The van der Waals surface area contributed by atoms with Crippen LogP contribution in [-0.2, 0) is 0 Å². The van der Waals surface area contributed by atoms with Gasteiger partial charge in [-0.2, -0.15) is 5.10 Å². The number of hydrogen-bond donors (Lipinski definition) is 2. The van der Waals surface area contributed by atoms with Crippen molar-refractivity contribution in [2.24, 2.45) is 5.92 Å². The van der Waals surface area contributed by atoms with E-state index < -0.39 is 0 Å². The monoisotopic (exact) mass is 227 g/mol. The maximum atomic E-state index is 11.1. The van der Waals surface area contributed by atoms with Crippen molar-refractivity contribution in [2.45, 2.75) is 25.7 Å². The minimum Gasteiger partial charge on any atom is -0.382 e. The molecule has 4 nitrogen and oxygen atoms in total. The summed E-state index contributed by atoms with van der Waals surface area (Å²) in [6, 6.07) is 0. The highest BCUT2D eigenvalue weighted by Crippen LogP contribution is 2.25. The zero-order chi connectivity index (χ0) is 10.7. The fourth-order valence-corrected chi connectivity index (χ4v) is 2.13. The molecule has 0 aliphatic heterocycles. The summed E-state index contributed by atoms with van der Waals surface area (Å²) in [6.45, 7) is 0.880. The lowest BCUT2D eigenvalue weighted by Gasteiger charge is -2.11. The van der Waals surface area contributed by atoms with Gasteiger partial charge in [0.1, 0.15) is 5.02 Å². The van der Waals surface area contributed by atoms with Crippen LogP contribution in [0.25, 0.3) is 0 Å². The van der Waals surface area contributed by atoms with E-state index in [2.05, 4.69) is 15.5 Å². The molecule has 1 aromatic rings. The van der Waals surface area contributed by atoms with Gasteiger partial charge in [0, 0.05) is 6.54 Å². The highest BCUT2D eigenvalue weighted by Gasteiger charge is 2.15. The van der Waals surface area contributed by atoms with Crippen LogP contribution in [0.1, 0.15) is 25.7 Å². The van der Waals surface area contributed by atoms with Gasteiger partial charge < -0.3 is 5.32 Å². The van der Waals surface area contributed by atoms with Crippen LogP contribution < -0.4 is 10.9 Å². The number of aromatic amines is 1. The molecule has 5 heteroatoms. The molecule has 1 heterocycles. The lowest BCUT2D eigenvalue weighted by atomic mass is 10.1. The van der Waals surface area contributed by atoms with Crippen LogP contribution in [0.5, 0.6) is 0 Å². The van der Waals surface area contributed by atoms with Crippen LogP contribution in [-0.4, -0.2) is 16.7 Å². The molecule has 82 valence electrons. The van der Waals surface area contributed by atoms with Gasteiger partial charge in [-0.25, -0.2) is 5.10 Å². The second-order valence-electron chi connectivity index (χ2n) is 3.96. The van der Waals surface area contributed by atoms with Gasteiger partial charge in [-0.15, -0.1) is 0 Å². The van der Waals surface area contributed by atoms with Crippen molar-refractivity contribution in [1.82, 2.24) is 10.2 Å². The number of H-pyrrole nitrogens is 1. The maximum Gasteiger partial charge on any atom is 0.285 e. The van der Waals surface area contributed by atoms with E-state index in [0.717, 1.165) is 6.54 Å². The van der Waals surface area contributed by atoms with Crippen LogP contribution in [0, 0.1) is 5.92 Å². The molecule has 0 aromatic carbocycles. The molecule has 0 unspecified atom stereocenters. The lowest BCUT2D eigenvalue weighted by Crippen LogP contribution is -2.15.